The summed E-state index contributed by atoms with van der Waals surface area (Å²) in [5.74, 6) is 0.142. The highest BCUT2D eigenvalue weighted by atomic mass is 32.1. The molecule has 3 N–H and O–H groups in total. The summed E-state index contributed by atoms with van der Waals surface area (Å²) in [7, 11) is 0. The van der Waals surface area contributed by atoms with Crippen molar-refractivity contribution in [1.82, 2.24) is 4.98 Å². The number of nitrogens with two attached hydrogens (primary N) is 1. The average molecular weight is 331 g/mol. The van der Waals surface area contributed by atoms with Crippen LogP contribution in [0.1, 0.15) is 53.4 Å². The molecule has 1 aromatic carbocycles. The molecule has 0 fully saturated rings. The second-order valence-electron chi connectivity index (χ2n) is 5.59. The third-order valence-corrected chi connectivity index (χ3v) is 4.64. The Labute approximate surface area is 139 Å². The molecule has 1 amide bonds. The number of benzene rings is 1. The maximum Gasteiger partial charge on any atom is 0.226 e. The van der Waals surface area contributed by atoms with Crippen LogP contribution in [0.5, 0.6) is 0 Å². The third-order valence-electron chi connectivity index (χ3n) is 3.43. The molecule has 0 unspecified atom stereocenters. The fourth-order valence-electron chi connectivity index (χ4n) is 1.99. The highest BCUT2D eigenvalue weighted by Gasteiger charge is 2.12. The molecular formula is C17H21N3O2S. The maximum atomic E-state index is 12.1. The normalized spacial score (nSPS) is 10.8. The number of thiazole rings is 1. The van der Waals surface area contributed by atoms with Crippen molar-refractivity contribution < 1.29 is 9.59 Å². The Morgan fingerprint density at radius 1 is 1.22 bits per heavy atom. The molecular weight excluding hydrogens is 310 g/mol. The zero-order chi connectivity index (χ0) is 16.8. The standard InChI is InChI=1S/C17H21N3O2S/c1-11(2)15-10-19-17(23-15)20-16(22)8-7-14(21)13-5-3-12(9-18)4-6-13/h3-6,10-11H,7-9,18H2,1-2H3,(H,19,20,22). The molecule has 1 aromatic heterocycles. The van der Waals surface area contributed by atoms with E-state index < -0.39 is 0 Å². The van der Waals surface area contributed by atoms with Gasteiger partial charge in [0.05, 0.1) is 0 Å². The van der Waals surface area contributed by atoms with E-state index in [4.69, 9.17) is 5.73 Å². The molecule has 6 heteroatoms. The van der Waals surface area contributed by atoms with Gasteiger partial charge in [-0.1, -0.05) is 38.1 Å². The first kappa shape index (κ1) is 17.3. The van der Waals surface area contributed by atoms with Crippen LogP contribution in [0.4, 0.5) is 5.13 Å². The molecule has 0 aliphatic rings. The summed E-state index contributed by atoms with van der Waals surface area (Å²) in [6, 6.07) is 7.16. The second kappa shape index (κ2) is 7.99. The number of anilines is 1. The number of carbonyl (C=O) groups is 2. The summed E-state index contributed by atoms with van der Waals surface area (Å²) in [5, 5.41) is 3.32. The van der Waals surface area contributed by atoms with Crippen LogP contribution in [0.2, 0.25) is 0 Å². The predicted octanol–water partition coefficient (Wildman–Crippen LogP) is 3.33. The van der Waals surface area contributed by atoms with E-state index >= 15 is 0 Å². The zero-order valence-corrected chi connectivity index (χ0v) is 14.2. The van der Waals surface area contributed by atoms with Gasteiger partial charge in [-0.05, 0) is 11.5 Å². The topological polar surface area (TPSA) is 85.1 Å². The van der Waals surface area contributed by atoms with Gasteiger partial charge in [-0.25, -0.2) is 4.98 Å². The van der Waals surface area contributed by atoms with Gasteiger partial charge in [0.15, 0.2) is 10.9 Å². The van der Waals surface area contributed by atoms with Gasteiger partial charge >= 0.3 is 0 Å². The number of carbonyl (C=O) groups excluding carboxylic acids is 2. The molecule has 0 saturated heterocycles. The van der Waals surface area contributed by atoms with Gasteiger partial charge in [-0.3, -0.25) is 9.59 Å². The minimum atomic E-state index is -0.193. The highest BCUT2D eigenvalue weighted by molar-refractivity contribution is 7.15. The average Bonchev–Trinajstić information content (AvgIpc) is 3.01. The number of nitrogens with zero attached hydrogens (tertiary/aromatic N) is 1. The molecule has 5 nitrogen and oxygen atoms in total. The third kappa shape index (κ3) is 4.97. The lowest BCUT2D eigenvalue weighted by Gasteiger charge is -2.03. The summed E-state index contributed by atoms with van der Waals surface area (Å²) < 4.78 is 0. The number of hydrogen-bond donors (Lipinski definition) is 2. The van der Waals surface area contributed by atoms with E-state index in [0.717, 1.165) is 10.4 Å². The van der Waals surface area contributed by atoms with E-state index in [1.54, 1.807) is 18.3 Å². The van der Waals surface area contributed by atoms with E-state index in [0.29, 0.717) is 23.2 Å². The van der Waals surface area contributed by atoms with Crippen molar-refractivity contribution in [3.63, 3.8) is 0 Å². The molecule has 2 rings (SSSR count). The molecule has 0 atom stereocenters. The summed E-state index contributed by atoms with van der Waals surface area (Å²) in [6.07, 6.45) is 2.10. The lowest BCUT2D eigenvalue weighted by atomic mass is 10.0. The van der Waals surface area contributed by atoms with Crippen LogP contribution in [0.15, 0.2) is 30.5 Å². The van der Waals surface area contributed by atoms with E-state index in [1.165, 1.54) is 11.3 Å². The first-order valence-electron chi connectivity index (χ1n) is 7.57. The maximum absolute atomic E-state index is 12.1. The van der Waals surface area contributed by atoms with Crippen LogP contribution in [0.3, 0.4) is 0 Å². The Morgan fingerprint density at radius 2 is 1.91 bits per heavy atom. The molecule has 122 valence electrons. The minimum Gasteiger partial charge on any atom is -0.326 e. The van der Waals surface area contributed by atoms with Gasteiger partial charge in [0, 0.05) is 36.0 Å². The number of nitrogens with one attached hydrogen (secondary N) is 1. The van der Waals surface area contributed by atoms with Crippen LogP contribution < -0.4 is 11.1 Å². The number of Topliss-reactive ketones (excluding diaryl/α,β-unsaturated/α-hetero) is 1. The molecule has 1 heterocycles. The summed E-state index contributed by atoms with van der Waals surface area (Å²) in [6.45, 7) is 4.60. The van der Waals surface area contributed by atoms with Gasteiger partial charge in [0.2, 0.25) is 5.91 Å². The number of amides is 1. The summed E-state index contributed by atoms with van der Waals surface area (Å²) in [5.41, 5.74) is 7.10. The predicted molar refractivity (Wildman–Crippen MR) is 92.7 cm³/mol. The van der Waals surface area contributed by atoms with E-state index in [-0.39, 0.29) is 24.5 Å². The number of rotatable bonds is 7. The van der Waals surface area contributed by atoms with Gasteiger partial charge in [0.1, 0.15) is 0 Å². The van der Waals surface area contributed by atoms with Gasteiger partial charge < -0.3 is 11.1 Å². The Hall–Kier alpha value is -2.05. The Morgan fingerprint density at radius 3 is 2.48 bits per heavy atom. The smallest absolute Gasteiger partial charge is 0.226 e. The van der Waals surface area contributed by atoms with E-state index in [9.17, 15) is 9.59 Å². The molecule has 0 spiro atoms. The Balaban J connectivity index is 1.84. The van der Waals surface area contributed by atoms with Crippen molar-refractivity contribution in [2.45, 2.75) is 39.2 Å². The zero-order valence-electron chi connectivity index (χ0n) is 13.3. The van der Waals surface area contributed by atoms with Crippen molar-refractivity contribution in [2.75, 3.05) is 5.32 Å². The van der Waals surface area contributed by atoms with Crippen LogP contribution >= 0.6 is 11.3 Å². The van der Waals surface area contributed by atoms with Gasteiger partial charge in [-0.2, -0.15) is 0 Å². The summed E-state index contributed by atoms with van der Waals surface area (Å²) >= 11 is 1.46. The lowest BCUT2D eigenvalue weighted by molar-refractivity contribution is -0.116. The molecule has 0 saturated carbocycles. The Bertz CT molecular complexity index is 677. The lowest BCUT2D eigenvalue weighted by Crippen LogP contribution is -2.13. The largest absolute Gasteiger partial charge is 0.326 e. The van der Waals surface area contributed by atoms with E-state index in [2.05, 4.69) is 24.1 Å². The quantitative estimate of drug-likeness (QED) is 0.762. The highest BCUT2D eigenvalue weighted by Crippen LogP contribution is 2.25. The van der Waals surface area contributed by atoms with Crippen LogP contribution in [0.25, 0.3) is 0 Å². The molecule has 2 aromatic rings. The molecule has 0 aliphatic heterocycles. The molecule has 0 radical (unpaired) electrons. The van der Waals surface area contributed by atoms with Crippen molar-refractivity contribution in [3.8, 4) is 0 Å². The second-order valence-corrected chi connectivity index (χ2v) is 6.66. The first-order valence-corrected chi connectivity index (χ1v) is 8.39. The molecule has 0 bridgehead atoms. The Kier molecular flexibility index (Phi) is 6.01. The molecule has 23 heavy (non-hydrogen) atoms. The van der Waals surface area contributed by atoms with Gasteiger partial charge in [0.25, 0.3) is 0 Å². The number of hydrogen-bond acceptors (Lipinski definition) is 5. The fourth-order valence-corrected chi connectivity index (χ4v) is 2.83. The van der Waals surface area contributed by atoms with Crippen LogP contribution in [-0.4, -0.2) is 16.7 Å². The van der Waals surface area contributed by atoms with Crippen molar-refractivity contribution in [1.29, 1.82) is 0 Å². The summed E-state index contributed by atoms with van der Waals surface area (Å²) in [4.78, 5) is 29.3. The number of aromatic nitrogens is 1. The SMILES string of the molecule is CC(C)c1cnc(NC(=O)CCC(=O)c2ccc(CN)cc2)s1. The van der Waals surface area contributed by atoms with Crippen molar-refractivity contribution >= 4 is 28.2 Å². The monoisotopic (exact) mass is 331 g/mol. The van der Waals surface area contributed by atoms with Gasteiger partial charge in [-0.15, -0.1) is 11.3 Å². The number of ketones is 1. The fraction of sp³-hybridized carbons (Fsp3) is 0.353. The van der Waals surface area contributed by atoms with Crippen molar-refractivity contribution in [2.24, 2.45) is 5.73 Å². The van der Waals surface area contributed by atoms with Crippen LogP contribution in [-0.2, 0) is 11.3 Å². The minimum absolute atomic E-state index is 0.0503. The first-order chi connectivity index (χ1) is 11.0. The van der Waals surface area contributed by atoms with Crippen LogP contribution in [0, 0.1) is 0 Å². The molecule has 0 aliphatic carbocycles. The van der Waals surface area contributed by atoms with E-state index in [1.807, 2.05) is 12.1 Å². The van der Waals surface area contributed by atoms with Crippen molar-refractivity contribution in [3.05, 3.63) is 46.5 Å².